The molecule has 0 saturated carbocycles. The van der Waals surface area contributed by atoms with Gasteiger partial charge in [0.25, 0.3) is 0 Å². The first kappa shape index (κ1) is 49.4. The van der Waals surface area contributed by atoms with Gasteiger partial charge < -0.3 is 23.8 Å². The minimum atomic E-state index is -0.792. The lowest BCUT2D eigenvalue weighted by molar-refractivity contribution is -0.168. The molecule has 2 aliphatic rings. The average Bonchev–Trinajstić information content (AvgIpc) is 3.77. The predicted molar refractivity (Wildman–Crippen MR) is 229 cm³/mol. The molecule has 0 N–H and O–H groups in total. The summed E-state index contributed by atoms with van der Waals surface area (Å²) in [5.74, 6) is -0.614. The number of rotatable bonds is 34. The summed E-state index contributed by atoms with van der Waals surface area (Å²) >= 11 is 0. The van der Waals surface area contributed by atoms with Gasteiger partial charge in [0.1, 0.15) is 12.7 Å². The number of nitrogens with zero attached hydrogens (tertiary/aromatic N) is 1. The number of carbonyl (C=O) groups excluding carboxylic acids is 3. The number of esters is 3. The first-order chi connectivity index (χ1) is 27.4. The molecular weight excluding hydrogens is 703 g/mol. The second-order valence-electron chi connectivity index (χ2n) is 16.1. The predicted octanol–water partition coefficient (Wildman–Crippen LogP) is 11.7. The van der Waals surface area contributed by atoms with Crippen LogP contribution >= 0.6 is 0 Å². The second-order valence-corrected chi connectivity index (χ2v) is 16.1. The molecule has 1 unspecified atom stereocenters. The van der Waals surface area contributed by atoms with Gasteiger partial charge in [-0.3, -0.25) is 14.4 Å². The van der Waals surface area contributed by atoms with Crippen molar-refractivity contribution in [2.24, 2.45) is 5.92 Å². The van der Waals surface area contributed by atoms with Crippen LogP contribution in [0.2, 0.25) is 0 Å². The smallest absolute Gasteiger partial charge is 0.306 e. The van der Waals surface area contributed by atoms with Gasteiger partial charge in [0, 0.05) is 25.8 Å². The molecule has 4 atom stereocenters. The lowest BCUT2D eigenvalue weighted by atomic mass is 10.1. The van der Waals surface area contributed by atoms with Crippen molar-refractivity contribution < 1.29 is 33.3 Å². The largest absolute Gasteiger partial charge is 0.463 e. The fourth-order valence-corrected chi connectivity index (χ4v) is 7.31. The molecule has 8 heteroatoms. The molecule has 2 rings (SSSR count). The Kier molecular flexibility index (Phi) is 30.3. The zero-order valence-corrected chi connectivity index (χ0v) is 35.9. The molecule has 0 aliphatic carbocycles. The number of allylic oxidation sites excluding steroid dienone is 8. The zero-order valence-electron chi connectivity index (χ0n) is 35.9. The molecule has 320 valence electrons. The van der Waals surface area contributed by atoms with Crippen molar-refractivity contribution in [3.63, 3.8) is 0 Å². The monoisotopic (exact) mass is 784 g/mol. The van der Waals surface area contributed by atoms with E-state index in [4.69, 9.17) is 18.9 Å². The molecule has 8 nitrogen and oxygen atoms in total. The van der Waals surface area contributed by atoms with Crippen LogP contribution in [0, 0.1) is 5.92 Å². The van der Waals surface area contributed by atoms with E-state index in [0.717, 1.165) is 109 Å². The van der Waals surface area contributed by atoms with Crippen molar-refractivity contribution in [1.82, 2.24) is 4.90 Å². The standard InChI is InChI=1S/C48H81NO7/c1-4-6-8-10-12-14-16-18-20-22-24-26-28-30-32-34-45(50)55-44-41-53-43(40-54-47(52)38-42-36-37-49(3)39-42)48(44)56-46(51)35-33-31-29-27-25-23-21-19-17-15-13-11-9-7-5-2/h12-15,18-21,42-44,48H,4-11,16-17,22-41H2,1-3H3/b14-12-,15-13-,20-18-,21-19-/t42?,43-,44+,48+/m1/s1. The minimum Gasteiger partial charge on any atom is -0.463 e. The average molecular weight is 784 g/mol. The summed E-state index contributed by atoms with van der Waals surface area (Å²) in [6.07, 6.45) is 42.5. The van der Waals surface area contributed by atoms with E-state index in [2.05, 4.69) is 74.4 Å². The van der Waals surface area contributed by atoms with E-state index in [1.807, 2.05) is 0 Å². The van der Waals surface area contributed by atoms with Crippen LogP contribution in [0.5, 0.6) is 0 Å². The second kappa shape index (κ2) is 34.3. The molecule has 2 saturated heterocycles. The van der Waals surface area contributed by atoms with Crippen molar-refractivity contribution in [3.8, 4) is 0 Å². The molecule has 0 bridgehead atoms. The fraction of sp³-hybridized carbons (Fsp3) is 0.771. The third kappa shape index (κ3) is 26.3. The highest BCUT2D eigenvalue weighted by atomic mass is 16.6. The Morgan fingerprint density at radius 1 is 0.607 bits per heavy atom. The Hall–Kier alpha value is -2.71. The van der Waals surface area contributed by atoms with Gasteiger partial charge in [-0.2, -0.15) is 0 Å². The molecule has 0 aromatic heterocycles. The highest BCUT2D eigenvalue weighted by Crippen LogP contribution is 2.25. The van der Waals surface area contributed by atoms with Gasteiger partial charge in [0.05, 0.1) is 6.61 Å². The quantitative estimate of drug-likeness (QED) is 0.0276. The maximum atomic E-state index is 13.0. The zero-order chi connectivity index (χ0) is 40.3. The van der Waals surface area contributed by atoms with Crippen LogP contribution in [-0.2, 0) is 33.3 Å². The van der Waals surface area contributed by atoms with Crippen LogP contribution in [0.25, 0.3) is 0 Å². The van der Waals surface area contributed by atoms with Gasteiger partial charge >= 0.3 is 17.9 Å². The highest BCUT2D eigenvalue weighted by molar-refractivity contribution is 5.71. The van der Waals surface area contributed by atoms with Gasteiger partial charge in [0.15, 0.2) is 12.2 Å². The summed E-state index contributed by atoms with van der Waals surface area (Å²) < 4.78 is 23.3. The number of ether oxygens (including phenoxy) is 4. The number of hydrogen-bond acceptors (Lipinski definition) is 8. The lowest BCUT2D eigenvalue weighted by Crippen LogP contribution is -2.40. The van der Waals surface area contributed by atoms with Crippen molar-refractivity contribution in [3.05, 3.63) is 48.6 Å². The Balaban J connectivity index is 1.67. The maximum Gasteiger partial charge on any atom is 0.306 e. The number of hydrogen-bond donors (Lipinski definition) is 0. The van der Waals surface area contributed by atoms with Crippen LogP contribution in [0.4, 0.5) is 0 Å². The molecule has 2 aliphatic heterocycles. The van der Waals surface area contributed by atoms with Crippen molar-refractivity contribution in [1.29, 1.82) is 0 Å². The summed E-state index contributed by atoms with van der Waals surface area (Å²) in [7, 11) is 2.06. The SMILES string of the molecule is CCCCC/C=C\C/C=C\CCCCCCCC(=O)O[C@@H]1[C@@H](OC(=O)CCCCCCC/C=C\C/C=C\CCCCC)CO[C@@H]1COC(=O)CC1CCN(C)C1. The van der Waals surface area contributed by atoms with E-state index in [0.29, 0.717) is 19.3 Å². The highest BCUT2D eigenvalue weighted by Gasteiger charge is 2.43. The van der Waals surface area contributed by atoms with Crippen LogP contribution < -0.4 is 0 Å². The van der Waals surface area contributed by atoms with E-state index in [9.17, 15) is 14.4 Å². The first-order valence-electron chi connectivity index (χ1n) is 22.9. The van der Waals surface area contributed by atoms with E-state index in [1.165, 1.54) is 51.4 Å². The van der Waals surface area contributed by atoms with E-state index >= 15 is 0 Å². The normalized spacial score (nSPS) is 20.3. The Morgan fingerprint density at radius 3 is 1.59 bits per heavy atom. The third-order valence-corrected chi connectivity index (χ3v) is 10.8. The molecule has 0 amide bonds. The van der Waals surface area contributed by atoms with Gasteiger partial charge in [-0.25, -0.2) is 0 Å². The van der Waals surface area contributed by atoms with E-state index in [1.54, 1.807) is 0 Å². The van der Waals surface area contributed by atoms with Crippen LogP contribution in [-0.4, -0.2) is 74.5 Å². The van der Waals surface area contributed by atoms with Gasteiger partial charge in [-0.1, -0.05) is 127 Å². The van der Waals surface area contributed by atoms with Crippen molar-refractivity contribution >= 4 is 17.9 Å². The van der Waals surface area contributed by atoms with Gasteiger partial charge in [0.2, 0.25) is 0 Å². The summed E-state index contributed by atoms with van der Waals surface area (Å²) in [6, 6.07) is 0. The third-order valence-electron chi connectivity index (χ3n) is 10.8. The number of unbranched alkanes of at least 4 members (excludes halogenated alkanes) is 16. The Morgan fingerprint density at radius 2 is 1.09 bits per heavy atom. The maximum absolute atomic E-state index is 13.0. The van der Waals surface area contributed by atoms with Gasteiger partial charge in [-0.05, 0) is 103 Å². The molecule has 2 fully saturated rings. The summed E-state index contributed by atoms with van der Waals surface area (Å²) in [6.45, 7) is 6.43. The molecule has 0 aromatic rings. The number of likely N-dealkylation sites (tertiary alicyclic amines) is 1. The summed E-state index contributed by atoms with van der Waals surface area (Å²) in [4.78, 5) is 40.7. The number of carbonyl (C=O) groups is 3. The van der Waals surface area contributed by atoms with Crippen molar-refractivity contribution in [2.75, 3.05) is 33.4 Å². The molecule has 56 heavy (non-hydrogen) atoms. The molecule has 0 radical (unpaired) electrons. The van der Waals surface area contributed by atoms with Crippen LogP contribution in [0.3, 0.4) is 0 Å². The van der Waals surface area contributed by atoms with E-state index < -0.39 is 18.3 Å². The van der Waals surface area contributed by atoms with Crippen LogP contribution in [0.1, 0.15) is 181 Å². The summed E-state index contributed by atoms with van der Waals surface area (Å²) in [5, 5.41) is 0. The Labute approximate surface area is 342 Å². The molecular formula is C48H81NO7. The van der Waals surface area contributed by atoms with Crippen LogP contribution in [0.15, 0.2) is 48.6 Å². The topological polar surface area (TPSA) is 91.4 Å². The molecule has 0 aromatic carbocycles. The first-order valence-corrected chi connectivity index (χ1v) is 22.9. The molecule has 0 spiro atoms. The Bertz CT molecular complexity index is 1130. The lowest BCUT2D eigenvalue weighted by Gasteiger charge is -2.23. The summed E-state index contributed by atoms with van der Waals surface area (Å²) in [5.41, 5.74) is 0. The van der Waals surface area contributed by atoms with E-state index in [-0.39, 0.29) is 37.0 Å². The van der Waals surface area contributed by atoms with Crippen molar-refractivity contribution in [2.45, 2.75) is 199 Å². The van der Waals surface area contributed by atoms with Gasteiger partial charge in [-0.15, -0.1) is 0 Å². The molecule has 2 heterocycles. The fourth-order valence-electron chi connectivity index (χ4n) is 7.31. The minimum absolute atomic E-state index is 0.0258.